The largest absolute Gasteiger partial charge is 0.419 e. The second kappa shape index (κ2) is 5.05. The quantitative estimate of drug-likeness (QED) is 0.689. The molecular weight excluding hydrogens is 344 g/mol. The number of Topliss-reactive ketones (excluding diaryl/α,β-unsaturated/α-hetero) is 1. The number of ketones is 1. The van der Waals surface area contributed by atoms with E-state index in [0.29, 0.717) is 28.4 Å². The Morgan fingerprint density at radius 3 is 2.30 bits per heavy atom. The molecule has 0 radical (unpaired) electrons. The van der Waals surface area contributed by atoms with Gasteiger partial charge in [-0.2, -0.15) is 26.3 Å². The third kappa shape index (κ3) is 2.73. The number of carbonyl (C=O) groups is 1. The van der Waals surface area contributed by atoms with Gasteiger partial charge in [-0.15, -0.1) is 0 Å². The number of nitrogens with one attached hydrogen (secondary N) is 1. The van der Waals surface area contributed by atoms with Gasteiger partial charge in [-0.1, -0.05) is 23.9 Å². The molecule has 122 valence electrons. The minimum Gasteiger partial charge on any atom is -0.354 e. The molecule has 0 saturated heterocycles. The number of rotatable bonds is 0. The molecule has 0 saturated carbocycles. The van der Waals surface area contributed by atoms with Crippen molar-refractivity contribution in [2.24, 2.45) is 5.92 Å². The summed E-state index contributed by atoms with van der Waals surface area (Å²) in [6.07, 6.45) is -9.81. The van der Waals surface area contributed by atoms with Crippen LogP contribution in [0, 0.1) is 5.92 Å². The highest BCUT2D eigenvalue weighted by molar-refractivity contribution is 8.03. The summed E-state index contributed by atoms with van der Waals surface area (Å²) in [5.41, 5.74) is -1.75. The second-order valence-corrected chi connectivity index (χ2v) is 5.98. The summed E-state index contributed by atoms with van der Waals surface area (Å²) in [6.45, 7) is 0. The van der Waals surface area contributed by atoms with Gasteiger partial charge in [0.05, 0.1) is 11.4 Å². The lowest BCUT2D eigenvalue weighted by atomic mass is 9.89. The van der Waals surface area contributed by atoms with Crippen LogP contribution in [0.1, 0.15) is 0 Å². The molecule has 1 unspecified atom stereocenters. The number of hydrogen-bond acceptors (Lipinski definition) is 3. The van der Waals surface area contributed by atoms with Crippen molar-refractivity contribution in [3.8, 4) is 0 Å². The highest BCUT2D eigenvalue weighted by atomic mass is 32.2. The van der Waals surface area contributed by atoms with E-state index in [9.17, 15) is 31.1 Å². The average Bonchev–Trinajstić information content (AvgIpc) is 2.41. The smallest absolute Gasteiger partial charge is 0.354 e. The van der Waals surface area contributed by atoms with Crippen molar-refractivity contribution < 1.29 is 31.1 Å². The fourth-order valence-corrected chi connectivity index (χ4v) is 3.56. The highest BCUT2D eigenvalue weighted by Gasteiger charge is 2.55. The minimum absolute atomic E-state index is 0.344. The maximum Gasteiger partial charge on any atom is 0.419 e. The van der Waals surface area contributed by atoms with Gasteiger partial charge in [-0.25, -0.2) is 0 Å². The van der Waals surface area contributed by atoms with E-state index in [4.69, 9.17) is 0 Å². The monoisotopic (exact) mass is 351 g/mol. The van der Waals surface area contributed by atoms with Crippen molar-refractivity contribution >= 4 is 23.2 Å². The zero-order valence-corrected chi connectivity index (χ0v) is 11.9. The fraction of sp³-hybridized carbons (Fsp3) is 0.214. The third-order valence-electron chi connectivity index (χ3n) is 3.35. The van der Waals surface area contributed by atoms with Gasteiger partial charge in [0.15, 0.2) is 11.7 Å². The van der Waals surface area contributed by atoms with Gasteiger partial charge >= 0.3 is 12.4 Å². The molecule has 0 aromatic heterocycles. The molecule has 2 nitrogen and oxygen atoms in total. The fourth-order valence-electron chi connectivity index (χ4n) is 2.37. The van der Waals surface area contributed by atoms with Crippen LogP contribution >= 0.6 is 11.8 Å². The minimum atomic E-state index is -5.15. The van der Waals surface area contributed by atoms with E-state index in [-0.39, 0.29) is 5.70 Å². The van der Waals surface area contributed by atoms with Crippen LogP contribution in [-0.2, 0) is 4.79 Å². The molecule has 0 amide bonds. The van der Waals surface area contributed by atoms with Gasteiger partial charge in [0.1, 0.15) is 5.57 Å². The molecule has 1 aromatic rings. The summed E-state index contributed by atoms with van der Waals surface area (Å²) in [6, 6.07) is 6.24. The number of halogens is 6. The Hall–Kier alpha value is -1.90. The first kappa shape index (κ1) is 16.0. The number of fused-ring (bicyclic) bond motifs is 1. The Bertz CT molecular complexity index is 746. The van der Waals surface area contributed by atoms with Crippen LogP contribution in [0.15, 0.2) is 51.4 Å². The first-order valence-electron chi connectivity index (χ1n) is 6.27. The maximum absolute atomic E-state index is 13.2. The van der Waals surface area contributed by atoms with E-state index in [2.05, 4.69) is 5.32 Å². The number of carbonyl (C=O) groups excluding carboxylic acids is 1. The van der Waals surface area contributed by atoms with Crippen LogP contribution in [0.3, 0.4) is 0 Å². The van der Waals surface area contributed by atoms with Crippen molar-refractivity contribution in [3.05, 3.63) is 46.5 Å². The Morgan fingerprint density at radius 1 is 1.04 bits per heavy atom. The molecule has 1 aromatic carbocycles. The van der Waals surface area contributed by atoms with Gasteiger partial charge in [0.2, 0.25) is 0 Å². The summed E-state index contributed by atoms with van der Waals surface area (Å²) in [5, 5.41) is 2.55. The zero-order valence-electron chi connectivity index (χ0n) is 11.0. The van der Waals surface area contributed by atoms with Gasteiger partial charge in [-0.05, 0) is 18.2 Å². The van der Waals surface area contributed by atoms with Crippen LogP contribution < -0.4 is 5.32 Å². The van der Waals surface area contributed by atoms with Crippen LogP contribution in [-0.4, -0.2) is 18.1 Å². The molecule has 0 spiro atoms. The number of thioether (sulfide) groups is 1. The Morgan fingerprint density at radius 2 is 1.70 bits per heavy atom. The second-order valence-electron chi connectivity index (χ2n) is 4.90. The number of hydrogen-bond donors (Lipinski definition) is 1. The third-order valence-corrected chi connectivity index (χ3v) is 4.60. The number of para-hydroxylation sites is 1. The number of allylic oxidation sites excluding steroid dienone is 3. The lowest BCUT2D eigenvalue weighted by molar-refractivity contribution is -0.174. The van der Waals surface area contributed by atoms with E-state index >= 15 is 0 Å². The molecule has 2 aliphatic rings. The van der Waals surface area contributed by atoms with Gasteiger partial charge in [0.25, 0.3) is 0 Å². The van der Waals surface area contributed by atoms with E-state index in [1.165, 1.54) is 12.1 Å². The first-order valence-corrected chi connectivity index (χ1v) is 7.08. The zero-order chi connectivity index (χ0) is 17.0. The first-order chi connectivity index (χ1) is 10.6. The topological polar surface area (TPSA) is 29.1 Å². The summed E-state index contributed by atoms with van der Waals surface area (Å²) in [5.74, 6) is -4.79. The van der Waals surface area contributed by atoms with Gasteiger partial charge in [0, 0.05) is 9.80 Å². The Balaban J connectivity index is 2.16. The van der Waals surface area contributed by atoms with Crippen LogP contribution in [0.4, 0.5) is 32.0 Å². The molecule has 1 atom stereocenters. The summed E-state index contributed by atoms with van der Waals surface area (Å²) < 4.78 is 78.3. The average molecular weight is 351 g/mol. The molecule has 3 rings (SSSR count). The molecule has 9 heteroatoms. The lowest BCUT2D eigenvalue weighted by Gasteiger charge is -2.32. The number of benzene rings is 1. The van der Waals surface area contributed by atoms with Gasteiger partial charge < -0.3 is 5.32 Å². The number of alkyl halides is 6. The predicted octanol–water partition coefficient (Wildman–Crippen LogP) is 4.67. The van der Waals surface area contributed by atoms with Crippen LogP contribution in [0.5, 0.6) is 0 Å². The van der Waals surface area contributed by atoms with E-state index < -0.39 is 34.5 Å². The summed E-state index contributed by atoms with van der Waals surface area (Å²) in [4.78, 5) is 11.8. The Kier molecular flexibility index (Phi) is 3.51. The molecule has 1 N–H and O–H groups in total. The Labute approximate surface area is 130 Å². The molecule has 1 aliphatic carbocycles. The maximum atomic E-state index is 13.2. The summed E-state index contributed by atoms with van der Waals surface area (Å²) >= 11 is 0.657. The van der Waals surface area contributed by atoms with Crippen LogP contribution in [0.25, 0.3) is 0 Å². The molecule has 23 heavy (non-hydrogen) atoms. The predicted molar refractivity (Wildman–Crippen MR) is 71.6 cm³/mol. The van der Waals surface area contributed by atoms with E-state index in [0.717, 1.165) is 0 Å². The number of anilines is 1. The molecule has 0 bridgehead atoms. The van der Waals surface area contributed by atoms with Crippen molar-refractivity contribution in [2.75, 3.05) is 5.32 Å². The van der Waals surface area contributed by atoms with Crippen molar-refractivity contribution in [3.63, 3.8) is 0 Å². The van der Waals surface area contributed by atoms with Gasteiger partial charge in [-0.3, -0.25) is 4.79 Å². The molecular formula is C14H7F6NOS. The van der Waals surface area contributed by atoms with E-state index in [1.54, 1.807) is 12.1 Å². The van der Waals surface area contributed by atoms with Crippen molar-refractivity contribution in [1.29, 1.82) is 0 Å². The lowest BCUT2D eigenvalue weighted by Crippen LogP contribution is -2.40. The molecule has 1 heterocycles. The summed E-state index contributed by atoms with van der Waals surface area (Å²) in [7, 11) is 0. The SMILES string of the molecule is O=C1C(C(F)(F)F)=CC2=C(Sc3ccccc3N2)C1C(F)(F)F. The highest BCUT2D eigenvalue weighted by Crippen LogP contribution is 2.51. The van der Waals surface area contributed by atoms with Crippen LogP contribution in [0.2, 0.25) is 0 Å². The molecule has 0 fully saturated rings. The van der Waals surface area contributed by atoms with Crippen molar-refractivity contribution in [1.82, 2.24) is 0 Å². The normalized spacial score (nSPS) is 21.4. The standard InChI is InChI=1S/C14H7F6NOS/c15-13(16,17)6-5-8-12(10(11(6)22)14(18,19)20)23-9-4-2-1-3-7(9)21-8/h1-5,10,21H. The van der Waals surface area contributed by atoms with Crippen molar-refractivity contribution in [2.45, 2.75) is 17.2 Å². The van der Waals surface area contributed by atoms with E-state index in [1.807, 2.05) is 0 Å². The molecule has 1 aliphatic heterocycles.